The fourth-order valence-electron chi connectivity index (χ4n) is 2.54. The number of nitrogens with zero attached hydrogens (tertiary/aromatic N) is 2. The van der Waals surface area contributed by atoms with Gasteiger partial charge in [-0.15, -0.1) is 0 Å². The van der Waals surface area contributed by atoms with Gasteiger partial charge in [0, 0.05) is 23.5 Å². The molecule has 0 aliphatic carbocycles. The highest BCUT2D eigenvalue weighted by Crippen LogP contribution is 2.16. The van der Waals surface area contributed by atoms with Crippen molar-refractivity contribution in [2.24, 2.45) is 0 Å². The molecule has 2 N–H and O–H groups in total. The van der Waals surface area contributed by atoms with Gasteiger partial charge >= 0.3 is 5.97 Å². The Labute approximate surface area is 168 Å². The number of benzene rings is 2. The predicted octanol–water partition coefficient (Wildman–Crippen LogP) is 4.70. The summed E-state index contributed by atoms with van der Waals surface area (Å²) in [4.78, 5) is 20.4. The van der Waals surface area contributed by atoms with E-state index < -0.39 is 0 Å². The van der Waals surface area contributed by atoms with Crippen LogP contribution in [0.2, 0.25) is 5.02 Å². The molecule has 0 spiro atoms. The zero-order valence-corrected chi connectivity index (χ0v) is 16.2. The van der Waals surface area contributed by atoms with Gasteiger partial charge < -0.3 is 15.4 Å². The molecule has 0 saturated carbocycles. The lowest BCUT2D eigenvalue weighted by molar-refractivity contribution is 0.0526. The first-order valence-corrected chi connectivity index (χ1v) is 9.37. The largest absolute Gasteiger partial charge is 0.462 e. The molecule has 3 rings (SSSR count). The molecule has 0 aliphatic rings. The summed E-state index contributed by atoms with van der Waals surface area (Å²) in [5, 5.41) is 7.15. The minimum atomic E-state index is -0.336. The molecule has 0 fully saturated rings. The first-order chi connectivity index (χ1) is 13.6. The predicted molar refractivity (Wildman–Crippen MR) is 111 cm³/mol. The van der Waals surface area contributed by atoms with Crippen LogP contribution in [0.1, 0.15) is 22.8 Å². The Balaban J connectivity index is 1.55. The molecule has 7 heteroatoms. The lowest BCUT2D eigenvalue weighted by atomic mass is 10.1. The summed E-state index contributed by atoms with van der Waals surface area (Å²) in [6, 6.07) is 16.6. The summed E-state index contributed by atoms with van der Waals surface area (Å²) in [7, 11) is 0. The lowest BCUT2D eigenvalue weighted by Crippen LogP contribution is -2.08. The summed E-state index contributed by atoms with van der Waals surface area (Å²) >= 11 is 5.90. The fraction of sp³-hybridized carbons (Fsp3) is 0.190. The Bertz CT molecular complexity index is 914. The van der Waals surface area contributed by atoms with E-state index in [2.05, 4.69) is 20.6 Å². The summed E-state index contributed by atoms with van der Waals surface area (Å²) in [5.74, 6) is 0.868. The number of hydrogen-bond acceptors (Lipinski definition) is 6. The minimum Gasteiger partial charge on any atom is -0.462 e. The average molecular weight is 397 g/mol. The van der Waals surface area contributed by atoms with Gasteiger partial charge in [-0.25, -0.2) is 9.78 Å². The van der Waals surface area contributed by atoms with Crippen LogP contribution in [0.4, 0.5) is 17.5 Å². The van der Waals surface area contributed by atoms with Crippen LogP contribution < -0.4 is 10.6 Å². The first-order valence-electron chi connectivity index (χ1n) is 8.99. The number of nitrogens with one attached hydrogen (secondary N) is 2. The topological polar surface area (TPSA) is 76.1 Å². The normalized spacial score (nSPS) is 10.4. The highest BCUT2D eigenvalue weighted by molar-refractivity contribution is 6.30. The molecule has 0 atom stereocenters. The average Bonchev–Trinajstić information content (AvgIpc) is 2.71. The van der Waals surface area contributed by atoms with Crippen molar-refractivity contribution < 1.29 is 9.53 Å². The molecule has 0 saturated heterocycles. The standard InChI is InChI=1S/C21H21ClN4O2/c1-2-28-20(27)16-5-9-18(10-6-16)25-21-24-14-12-19(26-21)23-13-11-15-3-7-17(22)8-4-15/h3-10,12,14H,2,11,13H2,1H3,(H2,23,24,25,26). The zero-order chi connectivity index (χ0) is 19.8. The van der Waals surface area contributed by atoms with Crippen molar-refractivity contribution in [3.05, 3.63) is 76.9 Å². The second-order valence-electron chi connectivity index (χ2n) is 5.99. The van der Waals surface area contributed by atoms with E-state index in [0.717, 1.165) is 29.5 Å². The molecule has 28 heavy (non-hydrogen) atoms. The molecule has 0 unspecified atom stereocenters. The molecule has 0 bridgehead atoms. The first kappa shape index (κ1) is 19.6. The van der Waals surface area contributed by atoms with Crippen LogP contribution in [0.5, 0.6) is 0 Å². The van der Waals surface area contributed by atoms with Crippen molar-refractivity contribution in [3.8, 4) is 0 Å². The number of esters is 1. The van der Waals surface area contributed by atoms with E-state index in [9.17, 15) is 4.79 Å². The van der Waals surface area contributed by atoms with E-state index in [1.165, 1.54) is 5.56 Å². The van der Waals surface area contributed by atoms with Crippen LogP contribution in [-0.4, -0.2) is 29.1 Å². The highest BCUT2D eigenvalue weighted by atomic mass is 35.5. The third kappa shape index (κ3) is 5.69. The van der Waals surface area contributed by atoms with Crippen LogP contribution in [-0.2, 0) is 11.2 Å². The summed E-state index contributed by atoms with van der Waals surface area (Å²) in [6.45, 7) is 2.87. The summed E-state index contributed by atoms with van der Waals surface area (Å²) in [6.07, 6.45) is 2.55. The van der Waals surface area contributed by atoms with Crippen LogP contribution in [0.3, 0.4) is 0 Å². The van der Waals surface area contributed by atoms with Crippen molar-refractivity contribution in [1.82, 2.24) is 9.97 Å². The van der Waals surface area contributed by atoms with E-state index in [-0.39, 0.29) is 5.97 Å². The number of hydrogen-bond donors (Lipinski definition) is 2. The molecule has 144 valence electrons. The van der Waals surface area contributed by atoms with Gasteiger partial charge in [0.1, 0.15) is 5.82 Å². The molecule has 1 aromatic heterocycles. The summed E-state index contributed by atoms with van der Waals surface area (Å²) in [5.41, 5.74) is 2.49. The van der Waals surface area contributed by atoms with E-state index in [4.69, 9.17) is 16.3 Å². The fourth-order valence-corrected chi connectivity index (χ4v) is 2.66. The SMILES string of the molecule is CCOC(=O)c1ccc(Nc2nccc(NCCc3ccc(Cl)cc3)n2)cc1. The maximum Gasteiger partial charge on any atom is 0.338 e. The quantitative estimate of drug-likeness (QED) is 0.537. The van der Waals surface area contributed by atoms with Crippen molar-refractivity contribution in [1.29, 1.82) is 0 Å². The Morgan fingerprint density at radius 3 is 2.54 bits per heavy atom. The van der Waals surface area contributed by atoms with Gasteiger partial charge in [0.15, 0.2) is 0 Å². The summed E-state index contributed by atoms with van der Waals surface area (Å²) < 4.78 is 4.98. The number of halogens is 1. The zero-order valence-electron chi connectivity index (χ0n) is 15.5. The van der Waals surface area contributed by atoms with Gasteiger partial charge in [-0.05, 0) is 61.4 Å². The number of aromatic nitrogens is 2. The van der Waals surface area contributed by atoms with Crippen LogP contribution in [0, 0.1) is 0 Å². The van der Waals surface area contributed by atoms with Gasteiger partial charge in [0.05, 0.1) is 12.2 Å². The van der Waals surface area contributed by atoms with Crippen LogP contribution in [0.25, 0.3) is 0 Å². The molecule has 2 aromatic carbocycles. The van der Waals surface area contributed by atoms with Crippen LogP contribution in [0.15, 0.2) is 60.8 Å². The third-order valence-electron chi connectivity index (χ3n) is 3.94. The Kier molecular flexibility index (Phi) is 6.81. The van der Waals surface area contributed by atoms with E-state index in [1.54, 1.807) is 37.4 Å². The van der Waals surface area contributed by atoms with Gasteiger partial charge in [-0.3, -0.25) is 0 Å². The minimum absolute atomic E-state index is 0.336. The van der Waals surface area contributed by atoms with E-state index in [0.29, 0.717) is 18.1 Å². The van der Waals surface area contributed by atoms with Crippen molar-refractivity contribution in [2.45, 2.75) is 13.3 Å². The van der Waals surface area contributed by atoms with Crippen LogP contribution >= 0.6 is 11.6 Å². The molecule has 1 heterocycles. The Hall–Kier alpha value is -3.12. The van der Waals surface area contributed by atoms with Crippen molar-refractivity contribution >= 4 is 35.0 Å². The molecular formula is C21H21ClN4O2. The molecule has 3 aromatic rings. The monoisotopic (exact) mass is 396 g/mol. The maximum absolute atomic E-state index is 11.7. The smallest absolute Gasteiger partial charge is 0.338 e. The number of anilines is 3. The van der Waals surface area contributed by atoms with E-state index >= 15 is 0 Å². The Morgan fingerprint density at radius 2 is 1.82 bits per heavy atom. The molecule has 0 radical (unpaired) electrons. The second-order valence-corrected chi connectivity index (χ2v) is 6.43. The molecule has 0 amide bonds. The molecule has 6 nitrogen and oxygen atoms in total. The third-order valence-corrected chi connectivity index (χ3v) is 4.19. The number of carbonyl (C=O) groups excluding carboxylic acids is 1. The lowest BCUT2D eigenvalue weighted by Gasteiger charge is -2.09. The van der Waals surface area contributed by atoms with Gasteiger partial charge in [-0.2, -0.15) is 4.98 Å². The van der Waals surface area contributed by atoms with Gasteiger partial charge in [0.25, 0.3) is 0 Å². The van der Waals surface area contributed by atoms with E-state index in [1.807, 2.05) is 30.3 Å². The Morgan fingerprint density at radius 1 is 1.07 bits per heavy atom. The number of carbonyl (C=O) groups is 1. The highest BCUT2D eigenvalue weighted by Gasteiger charge is 2.06. The molecule has 0 aliphatic heterocycles. The van der Waals surface area contributed by atoms with Crippen molar-refractivity contribution in [2.75, 3.05) is 23.8 Å². The van der Waals surface area contributed by atoms with Gasteiger partial charge in [0.2, 0.25) is 5.95 Å². The number of ether oxygens (including phenoxy) is 1. The maximum atomic E-state index is 11.7. The second kappa shape index (κ2) is 9.71. The van der Waals surface area contributed by atoms with Crippen molar-refractivity contribution in [3.63, 3.8) is 0 Å². The van der Waals surface area contributed by atoms with Gasteiger partial charge in [-0.1, -0.05) is 23.7 Å². The molecular weight excluding hydrogens is 376 g/mol. The number of rotatable bonds is 8.